The number of nitrogens with zero attached hydrogens (tertiary/aromatic N) is 2. The minimum atomic E-state index is 0.307. The van der Waals surface area contributed by atoms with Crippen molar-refractivity contribution in [2.45, 2.75) is 40.0 Å². The van der Waals surface area contributed by atoms with Crippen molar-refractivity contribution in [1.29, 1.82) is 0 Å². The molecule has 17 heavy (non-hydrogen) atoms. The summed E-state index contributed by atoms with van der Waals surface area (Å²) in [6.45, 7) is 9.17. The first-order valence-electron chi connectivity index (χ1n) is 6.70. The van der Waals surface area contributed by atoms with E-state index in [2.05, 4.69) is 31.9 Å². The summed E-state index contributed by atoms with van der Waals surface area (Å²) in [6.07, 6.45) is 5.08. The van der Waals surface area contributed by atoms with Crippen molar-refractivity contribution in [3.63, 3.8) is 0 Å². The molecule has 1 heterocycles. The van der Waals surface area contributed by atoms with Gasteiger partial charge in [-0.3, -0.25) is 4.79 Å². The molecule has 0 unspecified atom stereocenters. The number of carbonyl (C=O) groups excluding carboxylic acids is 1. The van der Waals surface area contributed by atoms with Crippen LogP contribution in [0, 0.1) is 5.92 Å². The quantitative estimate of drug-likeness (QED) is 0.751. The second-order valence-corrected chi connectivity index (χ2v) is 4.99. The van der Waals surface area contributed by atoms with Crippen molar-refractivity contribution < 1.29 is 4.79 Å². The summed E-state index contributed by atoms with van der Waals surface area (Å²) in [4.78, 5) is 15.9. The van der Waals surface area contributed by atoms with Crippen LogP contribution >= 0.6 is 0 Å². The number of piperidine rings is 1. The Balaban J connectivity index is 2.35. The lowest BCUT2D eigenvalue weighted by molar-refractivity contribution is -0.132. The van der Waals surface area contributed by atoms with E-state index >= 15 is 0 Å². The number of carbonyl (C=O) groups is 1. The fourth-order valence-electron chi connectivity index (χ4n) is 2.34. The number of hydrogen-bond acceptors (Lipinski definition) is 2. The van der Waals surface area contributed by atoms with Gasteiger partial charge in [-0.15, -0.1) is 0 Å². The Kier molecular flexibility index (Phi) is 5.52. The Labute approximate surface area is 105 Å². The van der Waals surface area contributed by atoms with Crippen LogP contribution < -0.4 is 0 Å². The average Bonchev–Trinajstić information content (AvgIpc) is 2.37. The Morgan fingerprint density at radius 1 is 1.41 bits per heavy atom. The predicted octanol–water partition coefficient (Wildman–Crippen LogP) is 2.49. The summed E-state index contributed by atoms with van der Waals surface area (Å²) < 4.78 is 0. The summed E-state index contributed by atoms with van der Waals surface area (Å²) in [6, 6.07) is 0. The van der Waals surface area contributed by atoms with Gasteiger partial charge in [0, 0.05) is 38.8 Å². The number of amides is 1. The molecule has 0 spiro atoms. The molecule has 0 atom stereocenters. The zero-order valence-corrected chi connectivity index (χ0v) is 11.7. The van der Waals surface area contributed by atoms with Crippen LogP contribution in [0.2, 0.25) is 0 Å². The molecule has 0 aromatic carbocycles. The monoisotopic (exact) mass is 238 g/mol. The highest BCUT2D eigenvalue weighted by Gasteiger charge is 2.22. The Morgan fingerprint density at radius 2 is 2.00 bits per heavy atom. The van der Waals surface area contributed by atoms with Crippen LogP contribution in [0.1, 0.15) is 40.0 Å². The molecule has 0 aromatic rings. The van der Waals surface area contributed by atoms with Gasteiger partial charge in [-0.05, 0) is 32.6 Å². The third-order valence-electron chi connectivity index (χ3n) is 3.82. The Hall–Kier alpha value is -0.990. The molecule has 1 saturated heterocycles. The molecule has 1 aliphatic rings. The second-order valence-electron chi connectivity index (χ2n) is 4.99. The third kappa shape index (κ3) is 4.06. The SMILES string of the molecule is CC=C(C)N(C)CC1CCN(C(=O)CC)CC1. The van der Waals surface area contributed by atoms with E-state index in [1.54, 1.807) is 0 Å². The minimum Gasteiger partial charge on any atom is -0.378 e. The second kappa shape index (κ2) is 6.67. The van der Waals surface area contributed by atoms with Crippen LogP contribution in [-0.2, 0) is 4.79 Å². The molecule has 0 N–H and O–H groups in total. The van der Waals surface area contributed by atoms with Crippen LogP contribution in [0.25, 0.3) is 0 Å². The van der Waals surface area contributed by atoms with Gasteiger partial charge < -0.3 is 9.80 Å². The summed E-state index contributed by atoms with van der Waals surface area (Å²) in [7, 11) is 2.15. The van der Waals surface area contributed by atoms with Gasteiger partial charge in [0.1, 0.15) is 0 Å². The highest BCUT2D eigenvalue weighted by Crippen LogP contribution is 2.19. The Morgan fingerprint density at radius 3 is 2.47 bits per heavy atom. The number of allylic oxidation sites excluding steroid dienone is 2. The standard InChI is InChI=1S/C14H26N2O/c1-5-12(3)15(4)11-13-7-9-16(10-8-13)14(17)6-2/h5,13H,6-11H2,1-4H3. The van der Waals surface area contributed by atoms with Gasteiger partial charge in [0.15, 0.2) is 0 Å². The van der Waals surface area contributed by atoms with E-state index in [0.29, 0.717) is 12.3 Å². The zero-order chi connectivity index (χ0) is 12.8. The number of hydrogen-bond donors (Lipinski definition) is 0. The van der Waals surface area contributed by atoms with Crippen LogP contribution in [0.15, 0.2) is 11.8 Å². The summed E-state index contributed by atoms with van der Waals surface area (Å²) >= 11 is 0. The molecule has 0 aromatic heterocycles. The third-order valence-corrected chi connectivity index (χ3v) is 3.82. The molecule has 0 radical (unpaired) electrons. The first-order valence-corrected chi connectivity index (χ1v) is 6.70. The Bertz CT molecular complexity index is 278. The van der Waals surface area contributed by atoms with Crippen molar-refractivity contribution in [3.8, 4) is 0 Å². The van der Waals surface area contributed by atoms with Crippen molar-refractivity contribution in [2.24, 2.45) is 5.92 Å². The van der Waals surface area contributed by atoms with Crippen LogP contribution in [0.4, 0.5) is 0 Å². The molecule has 3 heteroatoms. The van der Waals surface area contributed by atoms with Gasteiger partial charge in [-0.25, -0.2) is 0 Å². The molecule has 1 aliphatic heterocycles. The first kappa shape index (κ1) is 14.1. The van der Waals surface area contributed by atoms with Crippen molar-refractivity contribution in [2.75, 3.05) is 26.7 Å². The predicted molar refractivity (Wildman–Crippen MR) is 71.7 cm³/mol. The smallest absolute Gasteiger partial charge is 0.222 e. The van der Waals surface area contributed by atoms with Gasteiger partial charge in [0.2, 0.25) is 5.91 Å². The van der Waals surface area contributed by atoms with Gasteiger partial charge in [-0.1, -0.05) is 13.0 Å². The van der Waals surface area contributed by atoms with Crippen molar-refractivity contribution in [3.05, 3.63) is 11.8 Å². The first-order chi connectivity index (χ1) is 8.08. The van der Waals surface area contributed by atoms with Crippen LogP contribution in [-0.4, -0.2) is 42.4 Å². The lowest BCUT2D eigenvalue weighted by atomic mass is 9.96. The lowest BCUT2D eigenvalue weighted by Crippen LogP contribution is -2.40. The normalized spacial score (nSPS) is 18.4. The maximum absolute atomic E-state index is 11.6. The number of rotatable bonds is 4. The molecule has 0 bridgehead atoms. The number of likely N-dealkylation sites (tertiary alicyclic amines) is 1. The molecule has 1 rings (SSSR count). The van der Waals surface area contributed by atoms with Crippen LogP contribution in [0.5, 0.6) is 0 Å². The van der Waals surface area contributed by atoms with E-state index in [1.807, 2.05) is 11.8 Å². The van der Waals surface area contributed by atoms with E-state index in [9.17, 15) is 4.79 Å². The summed E-state index contributed by atoms with van der Waals surface area (Å²) in [5.41, 5.74) is 1.33. The van der Waals surface area contributed by atoms with E-state index < -0.39 is 0 Å². The fraction of sp³-hybridized carbons (Fsp3) is 0.786. The van der Waals surface area contributed by atoms with Crippen molar-refractivity contribution >= 4 is 5.91 Å². The minimum absolute atomic E-state index is 0.307. The maximum Gasteiger partial charge on any atom is 0.222 e. The molecule has 3 nitrogen and oxygen atoms in total. The lowest BCUT2D eigenvalue weighted by Gasteiger charge is -2.34. The molecule has 1 amide bonds. The summed E-state index contributed by atoms with van der Waals surface area (Å²) in [5.74, 6) is 1.04. The van der Waals surface area contributed by atoms with Crippen LogP contribution in [0.3, 0.4) is 0 Å². The fourth-order valence-corrected chi connectivity index (χ4v) is 2.34. The van der Waals surface area contributed by atoms with Gasteiger partial charge in [0.05, 0.1) is 0 Å². The van der Waals surface area contributed by atoms with Gasteiger partial charge >= 0.3 is 0 Å². The molecule has 98 valence electrons. The molecule has 1 fully saturated rings. The van der Waals surface area contributed by atoms with E-state index in [-0.39, 0.29) is 0 Å². The highest BCUT2D eigenvalue weighted by molar-refractivity contribution is 5.75. The maximum atomic E-state index is 11.6. The average molecular weight is 238 g/mol. The zero-order valence-electron chi connectivity index (χ0n) is 11.7. The molecule has 0 saturated carbocycles. The molecular weight excluding hydrogens is 212 g/mol. The van der Waals surface area contributed by atoms with Gasteiger partial charge in [-0.2, -0.15) is 0 Å². The topological polar surface area (TPSA) is 23.6 Å². The van der Waals surface area contributed by atoms with Gasteiger partial charge in [0.25, 0.3) is 0 Å². The van der Waals surface area contributed by atoms with Crippen molar-refractivity contribution in [1.82, 2.24) is 9.80 Å². The van der Waals surface area contributed by atoms with E-state index in [4.69, 9.17) is 0 Å². The van der Waals surface area contributed by atoms with E-state index in [1.165, 1.54) is 5.70 Å². The molecular formula is C14H26N2O. The molecule has 0 aliphatic carbocycles. The largest absolute Gasteiger partial charge is 0.378 e. The summed E-state index contributed by atoms with van der Waals surface area (Å²) in [5, 5.41) is 0. The highest BCUT2D eigenvalue weighted by atomic mass is 16.2. The van der Waals surface area contributed by atoms with E-state index in [0.717, 1.165) is 38.4 Å².